The molecule has 0 bridgehead atoms. The highest BCUT2D eigenvalue weighted by Crippen LogP contribution is 2.40. The van der Waals surface area contributed by atoms with Crippen LogP contribution in [-0.2, 0) is 0 Å². The minimum atomic E-state index is -0.930. The van der Waals surface area contributed by atoms with Crippen LogP contribution in [0.4, 0.5) is 8.78 Å². The van der Waals surface area contributed by atoms with Crippen molar-refractivity contribution in [3.05, 3.63) is 47.0 Å². The standard InChI is InChI=1S/C14H13ClF2N4/c15-13(19)3-7(6-18)14-20-11-4-9(16)10(17)5-12(11)21(14)8-1-2-8/h3-6,8H,1-2,18-19H2/b7-6+,13-3-. The zero-order chi connectivity index (χ0) is 15.1. The van der Waals surface area contributed by atoms with Crippen molar-refractivity contribution in [1.29, 1.82) is 0 Å². The van der Waals surface area contributed by atoms with Crippen molar-refractivity contribution >= 4 is 28.2 Å². The second-order valence-electron chi connectivity index (χ2n) is 4.94. The fourth-order valence-corrected chi connectivity index (χ4v) is 2.45. The third-order valence-corrected chi connectivity index (χ3v) is 3.48. The quantitative estimate of drug-likeness (QED) is 0.676. The van der Waals surface area contributed by atoms with Crippen molar-refractivity contribution in [3.8, 4) is 0 Å². The number of hydrogen-bond donors (Lipinski definition) is 2. The highest BCUT2D eigenvalue weighted by atomic mass is 35.5. The predicted octanol–water partition coefficient (Wildman–Crippen LogP) is 2.99. The van der Waals surface area contributed by atoms with Gasteiger partial charge in [0, 0.05) is 29.9 Å². The van der Waals surface area contributed by atoms with Crippen molar-refractivity contribution in [2.24, 2.45) is 11.5 Å². The first-order valence-electron chi connectivity index (χ1n) is 6.43. The van der Waals surface area contributed by atoms with Crippen molar-refractivity contribution in [1.82, 2.24) is 9.55 Å². The fraction of sp³-hybridized carbons (Fsp3) is 0.214. The number of nitrogens with zero attached hydrogens (tertiary/aromatic N) is 2. The second-order valence-corrected chi connectivity index (χ2v) is 5.38. The van der Waals surface area contributed by atoms with Gasteiger partial charge in [-0.25, -0.2) is 13.8 Å². The molecule has 21 heavy (non-hydrogen) atoms. The van der Waals surface area contributed by atoms with Crippen LogP contribution >= 0.6 is 11.6 Å². The third kappa shape index (κ3) is 2.47. The van der Waals surface area contributed by atoms with Crippen molar-refractivity contribution in [2.45, 2.75) is 18.9 Å². The maximum Gasteiger partial charge on any atom is 0.161 e. The molecule has 1 aromatic heterocycles. The molecule has 0 spiro atoms. The van der Waals surface area contributed by atoms with Crippen LogP contribution in [0.15, 0.2) is 29.6 Å². The van der Waals surface area contributed by atoms with Crippen LogP contribution in [0.25, 0.3) is 16.6 Å². The Labute approximate surface area is 124 Å². The summed E-state index contributed by atoms with van der Waals surface area (Å²) in [6, 6.07) is 2.44. The van der Waals surface area contributed by atoms with Crippen LogP contribution in [0.2, 0.25) is 0 Å². The highest BCUT2D eigenvalue weighted by molar-refractivity contribution is 6.29. The van der Waals surface area contributed by atoms with Gasteiger partial charge in [0.15, 0.2) is 11.6 Å². The Hall–Kier alpha value is -2.08. The van der Waals surface area contributed by atoms with Crippen LogP contribution in [0.5, 0.6) is 0 Å². The molecule has 0 unspecified atom stereocenters. The van der Waals surface area contributed by atoms with Crippen molar-refractivity contribution in [2.75, 3.05) is 0 Å². The lowest BCUT2D eigenvalue weighted by Gasteiger charge is -2.08. The summed E-state index contributed by atoms with van der Waals surface area (Å²) in [6.07, 6.45) is 4.70. The molecule has 7 heteroatoms. The van der Waals surface area contributed by atoms with E-state index in [4.69, 9.17) is 23.1 Å². The smallest absolute Gasteiger partial charge is 0.161 e. The lowest BCUT2D eigenvalue weighted by molar-refractivity contribution is 0.510. The van der Waals surface area contributed by atoms with Crippen LogP contribution in [-0.4, -0.2) is 9.55 Å². The van der Waals surface area contributed by atoms with Gasteiger partial charge in [0.25, 0.3) is 0 Å². The molecule has 1 aliphatic rings. The zero-order valence-corrected chi connectivity index (χ0v) is 11.7. The highest BCUT2D eigenvalue weighted by Gasteiger charge is 2.29. The summed E-state index contributed by atoms with van der Waals surface area (Å²) in [4.78, 5) is 4.35. The molecule has 1 saturated carbocycles. The number of allylic oxidation sites excluding steroid dienone is 2. The zero-order valence-electron chi connectivity index (χ0n) is 11.0. The van der Waals surface area contributed by atoms with Crippen LogP contribution in [0.3, 0.4) is 0 Å². The molecule has 1 fully saturated rings. The predicted molar refractivity (Wildman–Crippen MR) is 78.2 cm³/mol. The molecule has 1 aliphatic carbocycles. The molecule has 2 aromatic rings. The number of rotatable bonds is 3. The number of fused-ring (bicyclic) bond motifs is 1. The molecule has 0 saturated heterocycles. The number of aromatic nitrogens is 2. The first-order valence-corrected chi connectivity index (χ1v) is 6.81. The minimum absolute atomic E-state index is 0.0541. The summed E-state index contributed by atoms with van der Waals surface area (Å²) >= 11 is 5.68. The molecule has 0 aliphatic heterocycles. The van der Waals surface area contributed by atoms with Gasteiger partial charge in [-0.1, -0.05) is 11.6 Å². The van der Waals surface area contributed by atoms with E-state index in [9.17, 15) is 8.78 Å². The molecule has 4 N–H and O–H groups in total. The van der Waals surface area contributed by atoms with E-state index in [1.807, 2.05) is 4.57 Å². The molecule has 0 atom stereocenters. The lowest BCUT2D eigenvalue weighted by atomic mass is 10.2. The SMILES string of the molecule is N/C=C(\C=C(/N)Cl)c1nc2cc(F)c(F)cc2n1C1CC1. The van der Waals surface area contributed by atoms with E-state index in [0.717, 1.165) is 25.0 Å². The van der Waals surface area contributed by atoms with Gasteiger partial charge in [0.2, 0.25) is 0 Å². The van der Waals surface area contributed by atoms with E-state index in [-0.39, 0.29) is 11.2 Å². The number of benzene rings is 1. The van der Waals surface area contributed by atoms with Gasteiger partial charge in [0.1, 0.15) is 5.82 Å². The van der Waals surface area contributed by atoms with E-state index in [1.165, 1.54) is 12.3 Å². The Morgan fingerprint density at radius 2 is 2.00 bits per heavy atom. The van der Waals surface area contributed by atoms with Gasteiger partial charge in [-0.05, 0) is 18.9 Å². The number of nitrogens with two attached hydrogens (primary N) is 2. The van der Waals surface area contributed by atoms with Crippen LogP contribution in [0.1, 0.15) is 24.7 Å². The Bertz CT molecular complexity index is 771. The maximum atomic E-state index is 13.5. The summed E-state index contributed by atoms with van der Waals surface area (Å²) in [5.74, 6) is -1.33. The average Bonchev–Trinajstić information content (AvgIpc) is 3.19. The largest absolute Gasteiger partial charge is 0.404 e. The first-order chi connectivity index (χ1) is 10.0. The summed E-state index contributed by atoms with van der Waals surface area (Å²) in [7, 11) is 0. The molecule has 0 amide bonds. The average molecular weight is 311 g/mol. The maximum absolute atomic E-state index is 13.5. The van der Waals surface area contributed by atoms with Gasteiger partial charge in [-0.2, -0.15) is 0 Å². The van der Waals surface area contributed by atoms with E-state index in [2.05, 4.69) is 4.98 Å². The third-order valence-electron chi connectivity index (χ3n) is 3.37. The van der Waals surface area contributed by atoms with E-state index in [1.54, 1.807) is 0 Å². The summed E-state index contributed by atoms with van der Waals surface area (Å²) in [5, 5.41) is 0.0541. The summed E-state index contributed by atoms with van der Waals surface area (Å²) < 4.78 is 28.7. The molecule has 1 heterocycles. The first kappa shape index (κ1) is 13.9. The van der Waals surface area contributed by atoms with Crippen LogP contribution < -0.4 is 11.5 Å². The Kier molecular flexibility index (Phi) is 3.33. The van der Waals surface area contributed by atoms with Gasteiger partial charge < -0.3 is 16.0 Å². The normalized spacial score (nSPS) is 16.7. The summed E-state index contributed by atoms with van der Waals surface area (Å²) in [6.45, 7) is 0. The molecule has 4 nitrogen and oxygen atoms in total. The van der Waals surface area contributed by atoms with E-state index in [0.29, 0.717) is 22.4 Å². The minimum Gasteiger partial charge on any atom is -0.404 e. The molecule has 0 radical (unpaired) electrons. The molecule has 110 valence electrons. The number of imidazole rings is 1. The van der Waals surface area contributed by atoms with Gasteiger partial charge >= 0.3 is 0 Å². The molecule has 1 aromatic carbocycles. The number of hydrogen-bond acceptors (Lipinski definition) is 3. The van der Waals surface area contributed by atoms with Gasteiger partial charge in [0.05, 0.1) is 16.2 Å². The Morgan fingerprint density at radius 1 is 1.33 bits per heavy atom. The van der Waals surface area contributed by atoms with Crippen molar-refractivity contribution < 1.29 is 8.78 Å². The van der Waals surface area contributed by atoms with Gasteiger partial charge in [-0.15, -0.1) is 0 Å². The number of halogens is 3. The van der Waals surface area contributed by atoms with Crippen LogP contribution in [0, 0.1) is 11.6 Å². The molecule has 3 rings (SSSR count). The fourth-order valence-electron chi connectivity index (χ4n) is 2.33. The Balaban J connectivity index is 2.27. The second kappa shape index (κ2) is 5.04. The monoisotopic (exact) mass is 310 g/mol. The molecular formula is C14H13ClF2N4. The Morgan fingerprint density at radius 3 is 2.57 bits per heavy atom. The van der Waals surface area contributed by atoms with Gasteiger partial charge in [-0.3, -0.25) is 0 Å². The summed E-state index contributed by atoms with van der Waals surface area (Å²) in [5.41, 5.74) is 12.5. The van der Waals surface area contributed by atoms with E-state index < -0.39 is 11.6 Å². The topological polar surface area (TPSA) is 69.9 Å². The lowest BCUT2D eigenvalue weighted by Crippen LogP contribution is -2.03. The molecular weight excluding hydrogens is 298 g/mol. The van der Waals surface area contributed by atoms with Crippen molar-refractivity contribution in [3.63, 3.8) is 0 Å². The van der Waals surface area contributed by atoms with E-state index >= 15 is 0 Å².